The number of aromatic carboxylic acids is 2. The molecule has 0 aliphatic heterocycles. The molecule has 0 aromatic heterocycles. The van der Waals surface area contributed by atoms with Gasteiger partial charge in [-0.2, -0.15) is 0 Å². The molecule has 0 bridgehead atoms. The maximum atomic E-state index is 10.2. The molecule has 0 amide bonds. The van der Waals surface area contributed by atoms with E-state index in [0.717, 1.165) is 0 Å². The van der Waals surface area contributed by atoms with Crippen LogP contribution in [0.25, 0.3) is 0 Å². The average Bonchev–Trinajstić information content (AvgIpc) is 2.40. The van der Waals surface area contributed by atoms with Gasteiger partial charge in [0.2, 0.25) is 0 Å². The maximum Gasteiger partial charge on any atom is 2.00 e. The zero-order chi connectivity index (χ0) is 15.1. The molecule has 2 rings (SSSR count). The van der Waals surface area contributed by atoms with Crippen LogP contribution in [0.2, 0.25) is 10.0 Å². The predicted octanol–water partition coefficient (Wildman–Crippen LogP) is 1.40. The molecule has 21 heavy (non-hydrogen) atoms. The van der Waals surface area contributed by atoms with Gasteiger partial charge in [0, 0.05) is 10.0 Å². The average molecular weight is 375 g/mol. The van der Waals surface area contributed by atoms with Crippen LogP contribution in [0.4, 0.5) is 0 Å². The number of rotatable bonds is 2. The van der Waals surface area contributed by atoms with E-state index in [1.54, 1.807) is 0 Å². The van der Waals surface area contributed by atoms with E-state index in [2.05, 4.69) is 0 Å². The first-order valence-corrected chi connectivity index (χ1v) is 6.09. The molecule has 4 nitrogen and oxygen atoms in total. The molecule has 113 valence electrons. The van der Waals surface area contributed by atoms with Crippen molar-refractivity contribution < 1.29 is 36.9 Å². The van der Waals surface area contributed by atoms with Crippen LogP contribution in [0.1, 0.15) is 20.7 Å². The summed E-state index contributed by atoms with van der Waals surface area (Å²) in [6.07, 6.45) is 0. The number of hydrogen-bond acceptors (Lipinski definition) is 4. The minimum atomic E-state index is -1.18. The maximum absolute atomic E-state index is 10.2. The summed E-state index contributed by atoms with van der Waals surface area (Å²) in [6, 6.07) is 11.6. The van der Waals surface area contributed by atoms with Gasteiger partial charge in [0.05, 0.1) is 11.9 Å². The van der Waals surface area contributed by atoms with Crippen molar-refractivity contribution in [2.24, 2.45) is 0 Å². The molecule has 0 spiro atoms. The number of benzene rings is 2. The van der Waals surface area contributed by atoms with Crippen LogP contribution in [-0.2, 0) is 17.1 Å². The molecule has 1 radical (unpaired) electrons. The van der Waals surface area contributed by atoms with Crippen molar-refractivity contribution in [2.75, 3.05) is 0 Å². The molecular weight excluding hydrogens is 367 g/mol. The Morgan fingerprint density at radius 3 is 1.10 bits per heavy atom. The Hall–Kier alpha value is -1.52. The molecule has 0 heterocycles. The molecule has 0 saturated heterocycles. The number of carboxylic acid groups (broad SMARTS) is 2. The number of carbonyl (C=O) groups is 2. The summed E-state index contributed by atoms with van der Waals surface area (Å²) in [7, 11) is 0. The SMILES string of the molecule is O=C([O-])c1ccc(Cl)cc1.O=C([O-])c1ccc(Cl)cc1.[Cu+2]. The van der Waals surface area contributed by atoms with Crippen LogP contribution in [0.5, 0.6) is 0 Å². The second-order valence-electron chi connectivity index (χ2n) is 3.59. The summed E-state index contributed by atoms with van der Waals surface area (Å²) in [5, 5.41) is 21.4. The van der Waals surface area contributed by atoms with E-state index in [1.165, 1.54) is 48.5 Å². The summed E-state index contributed by atoms with van der Waals surface area (Å²) < 4.78 is 0. The minimum absolute atomic E-state index is 0. The van der Waals surface area contributed by atoms with Crippen LogP contribution in [0.15, 0.2) is 48.5 Å². The largest absolute Gasteiger partial charge is 2.00 e. The van der Waals surface area contributed by atoms with Crippen LogP contribution < -0.4 is 10.2 Å². The van der Waals surface area contributed by atoms with Crippen molar-refractivity contribution in [3.63, 3.8) is 0 Å². The standard InChI is InChI=1S/2C7H5ClO2.Cu/c2*8-6-3-1-5(2-4-6)7(9)10;/h2*1-4H,(H,9,10);/q;;+2/p-2. The Kier molecular flexibility index (Phi) is 8.74. The molecule has 0 N–H and O–H groups in total. The van der Waals surface area contributed by atoms with Crippen LogP contribution >= 0.6 is 23.2 Å². The van der Waals surface area contributed by atoms with E-state index in [1.807, 2.05) is 0 Å². The molecule has 7 heteroatoms. The number of hydrogen-bond donors (Lipinski definition) is 0. The third-order valence-electron chi connectivity index (χ3n) is 2.16. The summed E-state index contributed by atoms with van der Waals surface area (Å²) in [5.74, 6) is -2.37. The fourth-order valence-electron chi connectivity index (χ4n) is 1.17. The zero-order valence-electron chi connectivity index (χ0n) is 10.3. The summed E-state index contributed by atoms with van der Waals surface area (Å²) in [6.45, 7) is 0. The first-order chi connectivity index (χ1) is 9.40. The molecule has 2 aromatic carbocycles. The Morgan fingerprint density at radius 2 is 0.905 bits per heavy atom. The van der Waals surface area contributed by atoms with Gasteiger partial charge in [-0.05, 0) is 35.4 Å². The van der Waals surface area contributed by atoms with Gasteiger partial charge in [-0.3, -0.25) is 0 Å². The van der Waals surface area contributed by atoms with Gasteiger partial charge in [0.1, 0.15) is 0 Å². The van der Waals surface area contributed by atoms with Crippen molar-refractivity contribution >= 4 is 35.1 Å². The third kappa shape index (κ3) is 7.16. The summed E-state index contributed by atoms with van der Waals surface area (Å²) in [4.78, 5) is 20.3. The van der Waals surface area contributed by atoms with E-state index in [-0.39, 0.29) is 28.2 Å². The van der Waals surface area contributed by atoms with E-state index in [9.17, 15) is 19.8 Å². The van der Waals surface area contributed by atoms with E-state index >= 15 is 0 Å². The van der Waals surface area contributed by atoms with Gasteiger partial charge in [-0.1, -0.05) is 47.5 Å². The van der Waals surface area contributed by atoms with Gasteiger partial charge in [0.25, 0.3) is 0 Å². The molecule has 2 aromatic rings. The Labute approximate surface area is 141 Å². The molecule has 0 aliphatic carbocycles. The van der Waals surface area contributed by atoms with Gasteiger partial charge in [0.15, 0.2) is 0 Å². The Balaban J connectivity index is 0.000000364. The first kappa shape index (κ1) is 19.5. The van der Waals surface area contributed by atoms with E-state index in [4.69, 9.17) is 23.2 Å². The molecule has 0 saturated carbocycles. The second-order valence-corrected chi connectivity index (χ2v) is 4.46. The fourth-order valence-corrected chi connectivity index (χ4v) is 1.42. The van der Waals surface area contributed by atoms with Crippen LogP contribution in [0, 0.1) is 0 Å². The first-order valence-electron chi connectivity index (χ1n) is 5.34. The van der Waals surface area contributed by atoms with Crippen molar-refractivity contribution in [3.8, 4) is 0 Å². The topological polar surface area (TPSA) is 80.3 Å². The smallest absolute Gasteiger partial charge is 0.545 e. The molecule has 0 fully saturated rings. The van der Waals surface area contributed by atoms with Crippen molar-refractivity contribution in [3.05, 3.63) is 69.7 Å². The summed E-state index contributed by atoms with van der Waals surface area (Å²) >= 11 is 11.0. The molecule has 0 unspecified atom stereocenters. The van der Waals surface area contributed by atoms with Crippen LogP contribution in [0.3, 0.4) is 0 Å². The van der Waals surface area contributed by atoms with Gasteiger partial charge in [-0.15, -0.1) is 0 Å². The predicted molar refractivity (Wildman–Crippen MR) is 71.6 cm³/mol. The van der Waals surface area contributed by atoms with E-state index in [0.29, 0.717) is 10.0 Å². The second kappa shape index (κ2) is 9.42. The molecule has 0 aliphatic rings. The van der Waals surface area contributed by atoms with E-state index < -0.39 is 11.9 Å². The zero-order valence-corrected chi connectivity index (χ0v) is 12.8. The number of carbonyl (C=O) groups excluding carboxylic acids is 2. The third-order valence-corrected chi connectivity index (χ3v) is 2.66. The normalized spacial score (nSPS) is 8.86. The molecule has 0 atom stereocenters. The van der Waals surface area contributed by atoms with Gasteiger partial charge < -0.3 is 19.8 Å². The quantitative estimate of drug-likeness (QED) is 0.744. The number of carboxylic acids is 2. The number of halogens is 2. The van der Waals surface area contributed by atoms with Crippen molar-refractivity contribution in [1.29, 1.82) is 0 Å². The Bertz CT molecular complexity index is 542. The molecular formula is C14H8Cl2CuO4. The van der Waals surface area contributed by atoms with Gasteiger partial charge >= 0.3 is 17.1 Å². The van der Waals surface area contributed by atoms with Gasteiger partial charge in [-0.25, -0.2) is 0 Å². The van der Waals surface area contributed by atoms with Crippen molar-refractivity contribution in [1.82, 2.24) is 0 Å². The monoisotopic (exact) mass is 373 g/mol. The fraction of sp³-hybridized carbons (Fsp3) is 0. The van der Waals surface area contributed by atoms with Crippen molar-refractivity contribution in [2.45, 2.75) is 0 Å². The van der Waals surface area contributed by atoms with Crippen LogP contribution in [-0.4, -0.2) is 11.9 Å². The Morgan fingerprint density at radius 1 is 0.667 bits per heavy atom. The minimum Gasteiger partial charge on any atom is -0.545 e. The summed E-state index contributed by atoms with van der Waals surface area (Å²) in [5.41, 5.74) is 0.286.